The van der Waals surface area contributed by atoms with Gasteiger partial charge in [0.1, 0.15) is 0 Å². The average molecular weight is 324 g/mol. The van der Waals surface area contributed by atoms with Gasteiger partial charge >= 0.3 is 0 Å². The lowest BCUT2D eigenvalue weighted by atomic mass is 10.0. The molecule has 0 saturated carbocycles. The molecule has 1 unspecified atom stereocenters. The lowest BCUT2D eigenvalue weighted by Gasteiger charge is -2.30. The third-order valence-electron chi connectivity index (χ3n) is 4.50. The average Bonchev–Trinajstić information content (AvgIpc) is 3.01. The van der Waals surface area contributed by atoms with Crippen molar-refractivity contribution in [1.82, 2.24) is 9.62 Å². The minimum Gasteiger partial charge on any atom is -0.299 e. The normalized spacial score (nSPS) is 18.0. The minimum absolute atomic E-state index is 0.271. The molecule has 22 heavy (non-hydrogen) atoms. The quantitative estimate of drug-likeness (QED) is 0.839. The number of nitrogens with one attached hydrogen (secondary N) is 1. The summed E-state index contributed by atoms with van der Waals surface area (Å²) in [5.74, 6) is 0.434. The Bertz CT molecular complexity index is 561. The zero-order valence-electron chi connectivity index (χ0n) is 13.9. The van der Waals surface area contributed by atoms with E-state index in [1.807, 2.05) is 12.1 Å². The Balaban J connectivity index is 2.03. The van der Waals surface area contributed by atoms with Gasteiger partial charge in [-0.15, -0.1) is 0 Å². The number of likely N-dealkylation sites (tertiary alicyclic amines) is 1. The van der Waals surface area contributed by atoms with Gasteiger partial charge in [-0.25, -0.2) is 13.1 Å². The fraction of sp³-hybridized carbons (Fsp3) is 0.647. The second-order valence-electron chi connectivity index (χ2n) is 6.40. The minimum atomic E-state index is -3.42. The van der Waals surface area contributed by atoms with Crippen LogP contribution in [0.4, 0.5) is 0 Å². The number of hydrogen-bond acceptors (Lipinski definition) is 3. The predicted octanol–water partition coefficient (Wildman–Crippen LogP) is 2.65. The zero-order valence-corrected chi connectivity index (χ0v) is 14.7. The van der Waals surface area contributed by atoms with Gasteiger partial charge in [0.25, 0.3) is 0 Å². The summed E-state index contributed by atoms with van der Waals surface area (Å²) in [6.07, 6.45) is 3.35. The highest BCUT2D eigenvalue weighted by Gasteiger charge is 2.26. The Morgan fingerprint density at radius 3 is 2.23 bits per heavy atom. The summed E-state index contributed by atoms with van der Waals surface area (Å²) in [4.78, 5) is 2.77. The van der Waals surface area contributed by atoms with E-state index in [9.17, 15) is 8.42 Å². The summed E-state index contributed by atoms with van der Waals surface area (Å²) < 4.78 is 27.7. The molecule has 1 atom stereocenters. The fourth-order valence-electron chi connectivity index (χ4n) is 3.04. The highest BCUT2D eigenvalue weighted by Crippen LogP contribution is 2.18. The van der Waals surface area contributed by atoms with Gasteiger partial charge in [0.15, 0.2) is 0 Å². The van der Waals surface area contributed by atoms with Crippen LogP contribution in [0.2, 0.25) is 0 Å². The Labute approximate surface area is 135 Å². The van der Waals surface area contributed by atoms with Crippen molar-refractivity contribution < 1.29 is 8.42 Å². The predicted molar refractivity (Wildman–Crippen MR) is 90.4 cm³/mol. The molecule has 1 aliphatic rings. The van der Waals surface area contributed by atoms with Crippen LogP contribution in [-0.2, 0) is 16.4 Å². The maximum absolute atomic E-state index is 12.4. The van der Waals surface area contributed by atoms with Gasteiger partial charge in [0.2, 0.25) is 10.0 Å². The van der Waals surface area contributed by atoms with Gasteiger partial charge in [-0.1, -0.05) is 32.9 Å². The van der Waals surface area contributed by atoms with Crippen molar-refractivity contribution in [2.24, 2.45) is 5.92 Å². The van der Waals surface area contributed by atoms with Crippen molar-refractivity contribution in [2.75, 3.05) is 19.6 Å². The Morgan fingerprint density at radius 1 is 1.14 bits per heavy atom. The van der Waals surface area contributed by atoms with Gasteiger partial charge < -0.3 is 0 Å². The third-order valence-corrected chi connectivity index (χ3v) is 5.94. The highest BCUT2D eigenvalue weighted by molar-refractivity contribution is 7.89. The van der Waals surface area contributed by atoms with Crippen molar-refractivity contribution in [3.05, 3.63) is 29.8 Å². The first kappa shape index (κ1) is 17.4. The van der Waals surface area contributed by atoms with Crippen molar-refractivity contribution >= 4 is 10.0 Å². The molecule has 2 rings (SSSR count). The maximum Gasteiger partial charge on any atom is 0.240 e. The molecule has 5 heteroatoms. The molecule has 1 aliphatic heterocycles. The fourth-order valence-corrected chi connectivity index (χ4v) is 4.09. The van der Waals surface area contributed by atoms with Crippen LogP contribution < -0.4 is 4.72 Å². The van der Waals surface area contributed by atoms with Crippen LogP contribution >= 0.6 is 0 Å². The van der Waals surface area contributed by atoms with E-state index in [-0.39, 0.29) is 6.04 Å². The van der Waals surface area contributed by atoms with Crippen molar-refractivity contribution in [3.8, 4) is 0 Å². The number of hydrogen-bond donors (Lipinski definition) is 1. The smallest absolute Gasteiger partial charge is 0.240 e. The summed E-state index contributed by atoms with van der Waals surface area (Å²) in [6, 6.07) is 7.43. The van der Waals surface area contributed by atoms with Crippen LogP contribution in [0.3, 0.4) is 0 Å². The Kier molecular flexibility index (Phi) is 6.01. The molecule has 1 aromatic rings. The summed E-state index contributed by atoms with van der Waals surface area (Å²) in [6.45, 7) is 9.02. The molecule has 0 bridgehead atoms. The van der Waals surface area contributed by atoms with E-state index in [2.05, 4.69) is 30.4 Å². The number of aryl methyl sites for hydroxylation is 1. The molecular formula is C17H28N2O2S. The van der Waals surface area contributed by atoms with E-state index in [4.69, 9.17) is 0 Å². The molecule has 1 heterocycles. The molecule has 0 amide bonds. The van der Waals surface area contributed by atoms with Gasteiger partial charge in [-0.05, 0) is 56.0 Å². The Morgan fingerprint density at radius 2 is 1.73 bits per heavy atom. The monoisotopic (exact) mass is 324 g/mol. The largest absolute Gasteiger partial charge is 0.299 e. The number of benzene rings is 1. The molecule has 124 valence electrons. The van der Waals surface area contributed by atoms with Gasteiger partial charge in [-0.3, -0.25) is 4.90 Å². The van der Waals surface area contributed by atoms with E-state index < -0.39 is 10.0 Å². The molecule has 0 spiro atoms. The van der Waals surface area contributed by atoms with Crippen LogP contribution in [0.25, 0.3) is 0 Å². The second kappa shape index (κ2) is 7.57. The number of rotatable bonds is 7. The van der Waals surface area contributed by atoms with Crippen LogP contribution in [0, 0.1) is 5.92 Å². The topological polar surface area (TPSA) is 49.4 Å². The van der Waals surface area contributed by atoms with Crippen LogP contribution in [0.1, 0.15) is 39.2 Å². The van der Waals surface area contributed by atoms with E-state index >= 15 is 0 Å². The molecule has 0 aliphatic carbocycles. The summed E-state index contributed by atoms with van der Waals surface area (Å²) in [5, 5.41) is 0. The maximum atomic E-state index is 12.4. The molecule has 4 nitrogen and oxygen atoms in total. The Hall–Kier alpha value is -0.910. The van der Waals surface area contributed by atoms with Crippen LogP contribution in [0.5, 0.6) is 0 Å². The standard InChI is InChI=1S/C17H28N2O2S/c1-4-15-7-9-16(10-8-15)22(20,21)18-13-17(14(2)3)19-11-5-6-12-19/h7-10,14,17-18H,4-6,11-13H2,1-3H3. The van der Waals surface area contributed by atoms with Crippen LogP contribution in [-0.4, -0.2) is 39.0 Å². The van der Waals surface area contributed by atoms with Crippen molar-refractivity contribution in [2.45, 2.75) is 51.0 Å². The molecule has 0 radical (unpaired) electrons. The summed E-state index contributed by atoms with van der Waals surface area (Å²) >= 11 is 0. The first-order valence-corrected chi connectivity index (χ1v) is 9.75. The molecule has 1 saturated heterocycles. The zero-order chi connectivity index (χ0) is 16.2. The molecule has 1 N–H and O–H groups in total. The second-order valence-corrected chi connectivity index (χ2v) is 8.17. The molecule has 1 fully saturated rings. The van der Waals surface area contributed by atoms with Crippen molar-refractivity contribution in [1.29, 1.82) is 0 Å². The first-order valence-electron chi connectivity index (χ1n) is 8.26. The molecule has 0 aromatic heterocycles. The molecule has 1 aromatic carbocycles. The first-order chi connectivity index (χ1) is 10.4. The van der Waals surface area contributed by atoms with Crippen LogP contribution in [0.15, 0.2) is 29.2 Å². The third kappa shape index (κ3) is 4.31. The molecular weight excluding hydrogens is 296 g/mol. The van der Waals surface area contributed by atoms with Gasteiger partial charge in [0, 0.05) is 12.6 Å². The number of nitrogens with zero attached hydrogens (tertiary/aromatic N) is 1. The summed E-state index contributed by atoms with van der Waals surface area (Å²) in [5.41, 5.74) is 1.15. The van der Waals surface area contributed by atoms with E-state index in [1.54, 1.807) is 12.1 Å². The van der Waals surface area contributed by atoms with E-state index in [0.29, 0.717) is 17.4 Å². The lowest BCUT2D eigenvalue weighted by Crippen LogP contribution is -2.45. The lowest BCUT2D eigenvalue weighted by molar-refractivity contribution is 0.193. The van der Waals surface area contributed by atoms with Gasteiger partial charge in [-0.2, -0.15) is 0 Å². The van der Waals surface area contributed by atoms with E-state index in [1.165, 1.54) is 12.8 Å². The summed E-state index contributed by atoms with van der Waals surface area (Å²) in [7, 11) is -3.42. The van der Waals surface area contributed by atoms with Crippen molar-refractivity contribution in [3.63, 3.8) is 0 Å². The number of sulfonamides is 1. The highest BCUT2D eigenvalue weighted by atomic mass is 32.2. The van der Waals surface area contributed by atoms with Gasteiger partial charge in [0.05, 0.1) is 4.90 Å². The van der Waals surface area contributed by atoms with E-state index in [0.717, 1.165) is 25.1 Å². The SMILES string of the molecule is CCc1ccc(S(=O)(=O)NCC(C(C)C)N2CCCC2)cc1.